The molecule has 1 aromatic carbocycles. The largest absolute Gasteiger partial charge is 0.496 e. The van der Waals surface area contributed by atoms with Crippen LogP contribution in [0.1, 0.15) is 10.4 Å². The maximum Gasteiger partial charge on any atom is 0.341 e. The quantitative estimate of drug-likeness (QED) is 0.683. The predicted octanol–water partition coefficient (Wildman–Crippen LogP) is 2.31. The topological polar surface area (TPSA) is 64.6 Å². The monoisotopic (exact) mass is 291 g/mol. The summed E-state index contributed by atoms with van der Waals surface area (Å²) >= 11 is 11.3. The van der Waals surface area contributed by atoms with Gasteiger partial charge in [0, 0.05) is 6.07 Å². The number of carbonyl (C=O) groups is 2. The summed E-state index contributed by atoms with van der Waals surface area (Å²) in [5, 5.41) is 2.67. The van der Waals surface area contributed by atoms with Crippen LogP contribution in [0.2, 0.25) is 5.02 Å². The van der Waals surface area contributed by atoms with E-state index in [2.05, 4.69) is 10.1 Å². The molecule has 1 aromatic rings. The molecular formula is C11H11Cl2NO4. The van der Waals surface area contributed by atoms with Crippen molar-refractivity contribution in [1.82, 2.24) is 0 Å². The van der Waals surface area contributed by atoms with Crippen molar-refractivity contribution in [3.63, 3.8) is 0 Å². The standard InChI is InChI=1S/C11H11Cl2NO4/c1-17-9-4-8(14-10(15)5-12)7(13)3-6(9)11(16)18-2/h3-4H,5H2,1-2H3,(H,14,15). The SMILES string of the molecule is COC(=O)c1cc(Cl)c(NC(=O)CCl)cc1OC. The fraction of sp³-hybridized carbons (Fsp3) is 0.273. The molecule has 0 aromatic heterocycles. The van der Waals surface area contributed by atoms with E-state index in [9.17, 15) is 9.59 Å². The van der Waals surface area contributed by atoms with Crippen molar-refractivity contribution in [3.8, 4) is 5.75 Å². The first-order valence-electron chi connectivity index (χ1n) is 4.85. The Morgan fingerprint density at radius 2 is 2.00 bits per heavy atom. The lowest BCUT2D eigenvalue weighted by atomic mass is 10.1. The smallest absolute Gasteiger partial charge is 0.341 e. The van der Waals surface area contributed by atoms with Crippen LogP contribution in [-0.2, 0) is 9.53 Å². The lowest BCUT2D eigenvalue weighted by molar-refractivity contribution is -0.113. The summed E-state index contributed by atoms with van der Waals surface area (Å²) in [6, 6.07) is 2.79. The highest BCUT2D eigenvalue weighted by Crippen LogP contribution is 2.31. The second kappa shape index (κ2) is 6.47. The van der Waals surface area contributed by atoms with Gasteiger partial charge in [0.1, 0.15) is 17.2 Å². The van der Waals surface area contributed by atoms with Gasteiger partial charge in [-0.3, -0.25) is 4.79 Å². The van der Waals surface area contributed by atoms with Gasteiger partial charge < -0.3 is 14.8 Å². The van der Waals surface area contributed by atoms with Crippen molar-refractivity contribution in [1.29, 1.82) is 0 Å². The minimum atomic E-state index is -0.580. The Hall–Kier alpha value is -1.46. The van der Waals surface area contributed by atoms with E-state index < -0.39 is 11.9 Å². The van der Waals surface area contributed by atoms with Gasteiger partial charge in [0.15, 0.2) is 0 Å². The normalized spacial score (nSPS) is 9.78. The first-order chi connectivity index (χ1) is 8.53. The van der Waals surface area contributed by atoms with Gasteiger partial charge in [0.25, 0.3) is 0 Å². The van der Waals surface area contributed by atoms with Gasteiger partial charge >= 0.3 is 5.97 Å². The van der Waals surface area contributed by atoms with E-state index in [1.165, 1.54) is 26.4 Å². The number of alkyl halides is 1. The van der Waals surface area contributed by atoms with Gasteiger partial charge in [0.2, 0.25) is 5.91 Å². The van der Waals surface area contributed by atoms with Gasteiger partial charge in [-0.15, -0.1) is 11.6 Å². The fourth-order valence-corrected chi connectivity index (χ4v) is 1.55. The molecule has 0 heterocycles. The van der Waals surface area contributed by atoms with E-state index in [0.717, 1.165) is 0 Å². The number of ether oxygens (including phenoxy) is 2. The van der Waals surface area contributed by atoms with Crippen LogP contribution in [0.25, 0.3) is 0 Å². The molecule has 1 N–H and O–H groups in total. The van der Waals surface area contributed by atoms with Crippen LogP contribution in [0.4, 0.5) is 5.69 Å². The number of nitrogens with one attached hydrogen (secondary N) is 1. The van der Waals surface area contributed by atoms with E-state index in [-0.39, 0.29) is 22.2 Å². The Labute approximate surface area is 114 Å². The summed E-state index contributed by atoms with van der Waals surface area (Å²) in [4.78, 5) is 22.6. The van der Waals surface area contributed by atoms with Crippen molar-refractivity contribution in [2.75, 3.05) is 25.4 Å². The average molecular weight is 292 g/mol. The highest BCUT2D eigenvalue weighted by Gasteiger charge is 2.17. The van der Waals surface area contributed by atoms with Crippen LogP contribution in [0.15, 0.2) is 12.1 Å². The molecule has 5 nitrogen and oxygen atoms in total. The zero-order valence-corrected chi connectivity index (χ0v) is 11.3. The Kier molecular flexibility index (Phi) is 5.25. The van der Waals surface area contributed by atoms with Crippen molar-refractivity contribution in [3.05, 3.63) is 22.7 Å². The highest BCUT2D eigenvalue weighted by atomic mass is 35.5. The molecule has 0 radical (unpaired) electrons. The Bertz CT molecular complexity index is 476. The van der Waals surface area contributed by atoms with Crippen molar-refractivity contribution in [2.45, 2.75) is 0 Å². The van der Waals surface area contributed by atoms with Crippen LogP contribution in [0.3, 0.4) is 0 Å². The minimum Gasteiger partial charge on any atom is -0.496 e. The molecule has 0 saturated heterocycles. The zero-order valence-electron chi connectivity index (χ0n) is 9.75. The van der Waals surface area contributed by atoms with E-state index in [1.807, 2.05) is 0 Å². The molecule has 0 aliphatic heterocycles. The molecule has 0 spiro atoms. The lowest BCUT2D eigenvalue weighted by Crippen LogP contribution is -2.13. The lowest BCUT2D eigenvalue weighted by Gasteiger charge is -2.11. The molecular weight excluding hydrogens is 281 g/mol. The highest BCUT2D eigenvalue weighted by molar-refractivity contribution is 6.35. The molecule has 1 amide bonds. The second-order valence-electron chi connectivity index (χ2n) is 3.21. The van der Waals surface area contributed by atoms with E-state index >= 15 is 0 Å². The summed E-state index contributed by atoms with van der Waals surface area (Å²) in [6.45, 7) is 0. The number of anilines is 1. The van der Waals surface area contributed by atoms with Crippen molar-refractivity contribution < 1.29 is 19.1 Å². The van der Waals surface area contributed by atoms with Crippen LogP contribution >= 0.6 is 23.2 Å². The minimum absolute atomic E-state index is 0.175. The Morgan fingerprint density at radius 3 is 2.50 bits per heavy atom. The zero-order chi connectivity index (χ0) is 13.7. The molecule has 0 bridgehead atoms. The summed E-state index contributed by atoms with van der Waals surface area (Å²) in [6.07, 6.45) is 0. The van der Waals surface area contributed by atoms with Crippen LogP contribution in [-0.4, -0.2) is 32.0 Å². The maximum atomic E-state index is 11.5. The van der Waals surface area contributed by atoms with Gasteiger partial charge in [0.05, 0.1) is 24.9 Å². The van der Waals surface area contributed by atoms with E-state index in [4.69, 9.17) is 27.9 Å². The van der Waals surface area contributed by atoms with Gasteiger partial charge in [-0.1, -0.05) is 11.6 Å². The number of benzene rings is 1. The molecule has 1 rings (SSSR count). The third-order valence-electron chi connectivity index (χ3n) is 2.09. The van der Waals surface area contributed by atoms with E-state index in [1.54, 1.807) is 0 Å². The molecule has 0 unspecified atom stereocenters. The number of amides is 1. The van der Waals surface area contributed by atoms with Gasteiger partial charge in [-0.25, -0.2) is 4.79 Å². The molecule has 7 heteroatoms. The number of carbonyl (C=O) groups excluding carboxylic acids is 2. The number of rotatable bonds is 4. The van der Waals surface area contributed by atoms with Crippen molar-refractivity contribution in [2.24, 2.45) is 0 Å². The Morgan fingerprint density at radius 1 is 1.33 bits per heavy atom. The summed E-state index contributed by atoms with van der Waals surface area (Å²) in [7, 11) is 2.64. The molecule has 0 fully saturated rings. The van der Waals surface area contributed by atoms with Gasteiger partial charge in [-0.2, -0.15) is 0 Å². The molecule has 98 valence electrons. The fourth-order valence-electron chi connectivity index (χ4n) is 1.27. The average Bonchev–Trinajstić information content (AvgIpc) is 2.39. The first-order valence-corrected chi connectivity index (χ1v) is 5.76. The number of esters is 1. The summed E-state index contributed by atoms with van der Waals surface area (Å²) < 4.78 is 9.63. The number of methoxy groups -OCH3 is 2. The molecule has 18 heavy (non-hydrogen) atoms. The second-order valence-corrected chi connectivity index (χ2v) is 3.88. The number of hydrogen-bond donors (Lipinski definition) is 1. The predicted molar refractivity (Wildman–Crippen MR) is 68.7 cm³/mol. The van der Waals surface area contributed by atoms with Gasteiger partial charge in [-0.05, 0) is 6.07 Å². The van der Waals surface area contributed by atoms with Crippen LogP contribution in [0, 0.1) is 0 Å². The summed E-state index contributed by atoms with van der Waals surface area (Å²) in [5.74, 6) is -0.941. The summed E-state index contributed by atoms with van der Waals surface area (Å²) in [5.41, 5.74) is 0.487. The van der Waals surface area contributed by atoms with Crippen LogP contribution < -0.4 is 10.1 Å². The van der Waals surface area contributed by atoms with Crippen molar-refractivity contribution >= 4 is 40.8 Å². The third-order valence-corrected chi connectivity index (χ3v) is 2.65. The number of halogens is 2. The maximum absolute atomic E-state index is 11.5. The third kappa shape index (κ3) is 3.27. The molecule has 0 aliphatic carbocycles. The molecule has 0 aliphatic rings. The molecule has 0 saturated carbocycles. The molecule has 0 atom stereocenters. The first kappa shape index (κ1) is 14.6. The van der Waals surface area contributed by atoms with Crippen LogP contribution in [0.5, 0.6) is 5.75 Å². The number of hydrogen-bond acceptors (Lipinski definition) is 4. The van der Waals surface area contributed by atoms with E-state index in [0.29, 0.717) is 5.69 Å². The Balaban J connectivity index is 3.18.